The van der Waals surface area contributed by atoms with Crippen LogP contribution in [0.5, 0.6) is 5.75 Å². The van der Waals surface area contributed by atoms with Gasteiger partial charge in [-0.05, 0) is 56.7 Å². The van der Waals surface area contributed by atoms with Crippen LogP contribution in [0.2, 0.25) is 0 Å². The summed E-state index contributed by atoms with van der Waals surface area (Å²) < 4.78 is 5.19. The molecule has 0 heterocycles. The molecule has 1 aliphatic carbocycles. The summed E-state index contributed by atoms with van der Waals surface area (Å²) in [6.07, 6.45) is 6.74. The van der Waals surface area contributed by atoms with E-state index in [4.69, 9.17) is 4.74 Å². The second kappa shape index (κ2) is 6.95. The lowest BCUT2D eigenvalue weighted by atomic mass is 9.98. The highest BCUT2D eigenvalue weighted by Crippen LogP contribution is 2.27. The van der Waals surface area contributed by atoms with Gasteiger partial charge in [0.2, 0.25) is 0 Å². The fraction of sp³-hybridized carbons (Fsp3) is 0.647. The van der Waals surface area contributed by atoms with E-state index in [0.29, 0.717) is 12.1 Å². The van der Waals surface area contributed by atoms with Crippen molar-refractivity contribution in [2.75, 3.05) is 7.11 Å². The molecule has 1 saturated carbocycles. The third-order valence-electron chi connectivity index (χ3n) is 4.36. The molecule has 0 spiro atoms. The Morgan fingerprint density at radius 1 is 1.16 bits per heavy atom. The molecule has 1 aromatic rings. The number of hydrogen-bond donors (Lipinski definition) is 1. The van der Waals surface area contributed by atoms with Crippen molar-refractivity contribution in [3.05, 3.63) is 29.8 Å². The molecule has 1 N–H and O–H groups in total. The van der Waals surface area contributed by atoms with E-state index in [-0.39, 0.29) is 0 Å². The number of ether oxygens (including phenoxy) is 1. The third-order valence-corrected chi connectivity index (χ3v) is 4.36. The highest BCUT2D eigenvalue weighted by Gasteiger charge is 2.22. The number of nitrogens with one attached hydrogen (secondary N) is 1. The fourth-order valence-corrected chi connectivity index (χ4v) is 3.22. The molecule has 1 aromatic carbocycles. The Labute approximate surface area is 117 Å². The summed E-state index contributed by atoms with van der Waals surface area (Å²) in [7, 11) is 1.71. The normalized spacial score (nSPS) is 19.3. The lowest BCUT2D eigenvalue weighted by Gasteiger charge is -2.25. The van der Waals surface area contributed by atoms with E-state index in [2.05, 4.69) is 31.3 Å². The van der Waals surface area contributed by atoms with Crippen molar-refractivity contribution >= 4 is 0 Å². The van der Waals surface area contributed by atoms with Gasteiger partial charge in [-0.1, -0.05) is 25.0 Å². The third kappa shape index (κ3) is 4.24. The molecule has 106 valence electrons. The maximum Gasteiger partial charge on any atom is 0.118 e. The predicted molar refractivity (Wildman–Crippen MR) is 80.7 cm³/mol. The molecule has 19 heavy (non-hydrogen) atoms. The number of methoxy groups -OCH3 is 1. The molecule has 0 bridgehead atoms. The number of hydrogen-bond acceptors (Lipinski definition) is 2. The monoisotopic (exact) mass is 261 g/mol. The Hall–Kier alpha value is -1.02. The smallest absolute Gasteiger partial charge is 0.118 e. The molecule has 0 saturated heterocycles. The highest BCUT2D eigenvalue weighted by atomic mass is 16.5. The van der Waals surface area contributed by atoms with Crippen LogP contribution >= 0.6 is 0 Å². The van der Waals surface area contributed by atoms with Crippen molar-refractivity contribution in [1.82, 2.24) is 5.32 Å². The summed E-state index contributed by atoms with van der Waals surface area (Å²) in [6, 6.07) is 9.60. The molecule has 2 atom stereocenters. The SMILES string of the molecule is COc1ccc(CC(C)NC(C)C2CCCC2)cc1. The van der Waals surface area contributed by atoms with Crippen LogP contribution in [0.25, 0.3) is 0 Å². The van der Waals surface area contributed by atoms with Crippen molar-refractivity contribution < 1.29 is 4.74 Å². The molecule has 0 amide bonds. The number of benzene rings is 1. The zero-order valence-corrected chi connectivity index (χ0v) is 12.5. The molecular formula is C17H27NO. The number of rotatable bonds is 6. The van der Waals surface area contributed by atoms with Crippen molar-refractivity contribution in [3.63, 3.8) is 0 Å². The quantitative estimate of drug-likeness (QED) is 0.841. The molecule has 0 aromatic heterocycles. The van der Waals surface area contributed by atoms with Crippen molar-refractivity contribution in [2.45, 2.75) is 58.0 Å². The van der Waals surface area contributed by atoms with Crippen LogP contribution in [-0.2, 0) is 6.42 Å². The first-order valence-electron chi connectivity index (χ1n) is 7.58. The van der Waals surface area contributed by atoms with Gasteiger partial charge in [-0.25, -0.2) is 0 Å². The molecule has 0 radical (unpaired) electrons. The van der Waals surface area contributed by atoms with Crippen molar-refractivity contribution in [2.24, 2.45) is 5.92 Å². The molecular weight excluding hydrogens is 234 g/mol. The molecule has 2 heteroatoms. The van der Waals surface area contributed by atoms with Gasteiger partial charge in [0.1, 0.15) is 5.75 Å². The van der Waals surface area contributed by atoms with Gasteiger partial charge in [-0.3, -0.25) is 0 Å². The standard InChI is InChI=1S/C17H27NO/c1-13(18-14(2)16-6-4-5-7-16)12-15-8-10-17(19-3)11-9-15/h8-11,13-14,16,18H,4-7,12H2,1-3H3. The van der Waals surface area contributed by atoms with Crippen LogP contribution in [-0.4, -0.2) is 19.2 Å². The lowest BCUT2D eigenvalue weighted by molar-refractivity contribution is 0.348. The Balaban J connectivity index is 1.80. The maximum absolute atomic E-state index is 5.19. The van der Waals surface area contributed by atoms with Crippen LogP contribution in [0.4, 0.5) is 0 Å². The summed E-state index contributed by atoms with van der Waals surface area (Å²) in [5.74, 6) is 1.82. The molecule has 2 rings (SSSR count). The average Bonchev–Trinajstić information content (AvgIpc) is 2.93. The maximum atomic E-state index is 5.19. The van der Waals surface area contributed by atoms with Gasteiger partial charge >= 0.3 is 0 Å². The summed E-state index contributed by atoms with van der Waals surface area (Å²) in [5, 5.41) is 3.77. The summed E-state index contributed by atoms with van der Waals surface area (Å²) in [4.78, 5) is 0. The van der Waals surface area contributed by atoms with Crippen molar-refractivity contribution in [1.29, 1.82) is 0 Å². The summed E-state index contributed by atoms with van der Waals surface area (Å²) >= 11 is 0. The second-order valence-corrected chi connectivity index (χ2v) is 5.95. The first kappa shape index (κ1) is 14.4. The van der Waals surface area contributed by atoms with Gasteiger partial charge in [0, 0.05) is 12.1 Å². The van der Waals surface area contributed by atoms with E-state index in [1.165, 1.54) is 31.2 Å². The highest BCUT2D eigenvalue weighted by molar-refractivity contribution is 5.27. The van der Waals surface area contributed by atoms with Crippen LogP contribution in [0.3, 0.4) is 0 Å². The van der Waals surface area contributed by atoms with Crippen LogP contribution in [0.15, 0.2) is 24.3 Å². The minimum atomic E-state index is 0.531. The van der Waals surface area contributed by atoms with Gasteiger partial charge < -0.3 is 10.1 Å². The summed E-state index contributed by atoms with van der Waals surface area (Å²) in [6.45, 7) is 4.64. The van der Waals surface area contributed by atoms with Gasteiger partial charge in [-0.15, -0.1) is 0 Å². The van der Waals surface area contributed by atoms with Gasteiger partial charge in [0.05, 0.1) is 7.11 Å². The van der Waals surface area contributed by atoms with E-state index in [9.17, 15) is 0 Å². The molecule has 2 unspecified atom stereocenters. The molecule has 1 fully saturated rings. The first-order chi connectivity index (χ1) is 9.19. The molecule has 2 nitrogen and oxygen atoms in total. The van der Waals surface area contributed by atoms with Gasteiger partial charge in [-0.2, -0.15) is 0 Å². The molecule has 0 aliphatic heterocycles. The largest absolute Gasteiger partial charge is 0.497 e. The Morgan fingerprint density at radius 2 is 1.79 bits per heavy atom. The van der Waals surface area contributed by atoms with Crippen LogP contribution in [0.1, 0.15) is 45.1 Å². The summed E-state index contributed by atoms with van der Waals surface area (Å²) in [5.41, 5.74) is 1.37. The zero-order chi connectivity index (χ0) is 13.7. The predicted octanol–water partition coefficient (Wildman–Crippen LogP) is 3.79. The van der Waals surface area contributed by atoms with Gasteiger partial charge in [0.15, 0.2) is 0 Å². The topological polar surface area (TPSA) is 21.3 Å². The van der Waals surface area contributed by atoms with E-state index in [1.54, 1.807) is 7.11 Å². The Morgan fingerprint density at radius 3 is 2.37 bits per heavy atom. The van der Waals surface area contributed by atoms with E-state index in [1.807, 2.05) is 12.1 Å². The minimum Gasteiger partial charge on any atom is -0.497 e. The average molecular weight is 261 g/mol. The van der Waals surface area contributed by atoms with E-state index in [0.717, 1.165) is 18.1 Å². The first-order valence-corrected chi connectivity index (χ1v) is 7.58. The van der Waals surface area contributed by atoms with E-state index >= 15 is 0 Å². The van der Waals surface area contributed by atoms with E-state index < -0.39 is 0 Å². The molecule has 1 aliphatic rings. The van der Waals surface area contributed by atoms with Crippen molar-refractivity contribution in [3.8, 4) is 5.75 Å². The fourth-order valence-electron chi connectivity index (χ4n) is 3.22. The Kier molecular flexibility index (Phi) is 5.26. The zero-order valence-electron chi connectivity index (χ0n) is 12.5. The van der Waals surface area contributed by atoms with Crippen LogP contribution < -0.4 is 10.1 Å². The van der Waals surface area contributed by atoms with Gasteiger partial charge in [0.25, 0.3) is 0 Å². The minimum absolute atomic E-state index is 0.531. The second-order valence-electron chi connectivity index (χ2n) is 5.95. The lowest BCUT2D eigenvalue weighted by Crippen LogP contribution is -2.39. The Bertz CT molecular complexity index is 367. The van der Waals surface area contributed by atoms with Crippen LogP contribution in [0, 0.1) is 5.92 Å².